The van der Waals surface area contributed by atoms with Gasteiger partial charge in [0.1, 0.15) is 5.00 Å². The number of hydrogen-bond acceptors (Lipinski definition) is 5. The molecule has 1 amide bonds. The van der Waals surface area contributed by atoms with Crippen molar-refractivity contribution in [3.05, 3.63) is 27.1 Å². The van der Waals surface area contributed by atoms with Crippen molar-refractivity contribution in [1.82, 2.24) is 0 Å². The number of anilines is 1. The van der Waals surface area contributed by atoms with Gasteiger partial charge in [-0.1, -0.05) is 17.7 Å². The molecule has 2 N–H and O–H groups in total. The molecule has 1 aliphatic carbocycles. The molecule has 0 spiro atoms. The normalized spacial score (nSPS) is 19.9. The van der Waals surface area contributed by atoms with Crippen LogP contribution in [0.4, 0.5) is 5.00 Å². The first kappa shape index (κ1) is 19.5. The topological polar surface area (TPSA) is 92.7 Å². The number of thiophene rings is 1. The summed E-state index contributed by atoms with van der Waals surface area (Å²) in [5.41, 5.74) is 1.07. The lowest BCUT2D eigenvalue weighted by Crippen LogP contribution is -2.35. The standard InChI is InChI=1S/C17H20ClNO5S/c1-4-24-17(23)13-8(2)9(3)25-15(13)19-14(20)12-7-10(18)5-6-11(12)16(21)22/h5,11-12H,4,6-7H2,1-3H3,(H,19,20)(H,21,22)/t11-,12-/m0/s1. The predicted octanol–water partition coefficient (Wildman–Crippen LogP) is 3.71. The number of hydrogen-bond donors (Lipinski definition) is 2. The number of amides is 1. The summed E-state index contributed by atoms with van der Waals surface area (Å²) in [4.78, 5) is 37.2. The van der Waals surface area contributed by atoms with Gasteiger partial charge in [0.15, 0.2) is 0 Å². The summed E-state index contributed by atoms with van der Waals surface area (Å²) in [7, 11) is 0. The maximum atomic E-state index is 12.7. The van der Waals surface area contributed by atoms with Gasteiger partial charge in [-0.15, -0.1) is 11.3 Å². The van der Waals surface area contributed by atoms with Crippen molar-refractivity contribution in [2.75, 3.05) is 11.9 Å². The van der Waals surface area contributed by atoms with Crippen LogP contribution in [0.25, 0.3) is 0 Å². The number of carboxylic acid groups (broad SMARTS) is 1. The molecule has 6 nitrogen and oxygen atoms in total. The Hall–Kier alpha value is -1.86. The van der Waals surface area contributed by atoms with Crippen LogP contribution in [0.1, 0.15) is 40.6 Å². The van der Waals surface area contributed by atoms with Crippen LogP contribution in [0.2, 0.25) is 0 Å². The Morgan fingerprint density at radius 3 is 2.64 bits per heavy atom. The number of halogens is 1. The predicted molar refractivity (Wildman–Crippen MR) is 96.2 cm³/mol. The van der Waals surface area contributed by atoms with Crippen molar-refractivity contribution in [1.29, 1.82) is 0 Å². The molecule has 0 bridgehead atoms. The van der Waals surface area contributed by atoms with Crippen molar-refractivity contribution in [2.45, 2.75) is 33.6 Å². The van der Waals surface area contributed by atoms with E-state index in [9.17, 15) is 19.5 Å². The number of allylic oxidation sites excluding steroid dienone is 2. The van der Waals surface area contributed by atoms with Gasteiger partial charge in [-0.05, 0) is 39.2 Å². The van der Waals surface area contributed by atoms with E-state index in [1.807, 2.05) is 6.92 Å². The molecule has 0 unspecified atom stereocenters. The average Bonchev–Trinajstić information content (AvgIpc) is 2.81. The van der Waals surface area contributed by atoms with Crippen molar-refractivity contribution >= 4 is 45.8 Å². The van der Waals surface area contributed by atoms with E-state index in [1.54, 1.807) is 19.9 Å². The van der Waals surface area contributed by atoms with Gasteiger partial charge in [-0.2, -0.15) is 0 Å². The Kier molecular flexibility index (Phi) is 6.24. The molecule has 2 atom stereocenters. The molecule has 1 aliphatic rings. The Morgan fingerprint density at radius 1 is 1.36 bits per heavy atom. The fourth-order valence-corrected chi connectivity index (χ4v) is 4.08. The van der Waals surface area contributed by atoms with Crippen LogP contribution in [0.5, 0.6) is 0 Å². The van der Waals surface area contributed by atoms with E-state index >= 15 is 0 Å². The van der Waals surface area contributed by atoms with Gasteiger partial charge >= 0.3 is 11.9 Å². The third-order valence-electron chi connectivity index (χ3n) is 4.25. The molecule has 136 valence electrons. The zero-order chi connectivity index (χ0) is 18.7. The molecule has 0 aromatic carbocycles. The molecule has 2 rings (SSSR count). The minimum atomic E-state index is -1.04. The Labute approximate surface area is 154 Å². The molecule has 8 heteroatoms. The second-order valence-electron chi connectivity index (χ2n) is 5.84. The molecule has 1 heterocycles. The molecule has 1 aromatic heterocycles. The highest BCUT2D eigenvalue weighted by atomic mass is 35.5. The second-order valence-corrected chi connectivity index (χ2v) is 7.55. The summed E-state index contributed by atoms with van der Waals surface area (Å²) in [6, 6.07) is 0. The zero-order valence-corrected chi connectivity index (χ0v) is 15.8. The summed E-state index contributed by atoms with van der Waals surface area (Å²) in [6.45, 7) is 5.57. The van der Waals surface area contributed by atoms with E-state index in [0.29, 0.717) is 15.6 Å². The van der Waals surface area contributed by atoms with Gasteiger partial charge < -0.3 is 15.2 Å². The SMILES string of the molecule is CCOC(=O)c1c(NC(=O)[C@H]2CC(Cl)=CC[C@@H]2C(=O)O)sc(C)c1C. The molecule has 0 radical (unpaired) electrons. The third-order valence-corrected chi connectivity index (χ3v) is 5.68. The van der Waals surface area contributed by atoms with Crippen molar-refractivity contribution < 1.29 is 24.2 Å². The highest BCUT2D eigenvalue weighted by Crippen LogP contribution is 2.36. The summed E-state index contributed by atoms with van der Waals surface area (Å²) in [5, 5.41) is 12.9. The second kappa shape index (κ2) is 8.01. The highest BCUT2D eigenvalue weighted by molar-refractivity contribution is 7.16. The van der Waals surface area contributed by atoms with Crippen LogP contribution in [-0.2, 0) is 14.3 Å². The quantitative estimate of drug-likeness (QED) is 0.753. The lowest BCUT2D eigenvalue weighted by molar-refractivity contribution is -0.146. The van der Waals surface area contributed by atoms with Gasteiger partial charge in [-0.25, -0.2) is 4.79 Å². The van der Waals surface area contributed by atoms with E-state index in [1.165, 1.54) is 11.3 Å². The summed E-state index contributed by atoms with van der Waals surface area (Å²) >= 11 is 7.27. The lowest BCUT2D eigenvalue weighted by Gasteiger charge is -2.25. The van der Waals surface area contributed by atoms with Gasteiger partial charge in [0, 0.05) is 9.91 Å². The average molecular weight is 386 g/mol. The third kappa shape index (κ3) is 4.22. The van der Waals surface area contributed by atoms with Crippen molar-refractivity contribution in [3.63, 3.8) is 0 Å². The molecule has 1 aromatic rings. The maximum absolute atomic E-state index is 12.7. The summed E-state index contributed by atoms with van der Waals surface area (Å²) in [5.74, 6) is -3.62. The molecule has 0 aliphatic heterocycles. The fourth-order valence-electron chi connectivity index (χ4n) is 2.77. The smallest absolute Gasteiger partial charge is 0.341 e. The van der Waals surface area contributed by atoms with Gasteiger partial charge in [-0.3, -0.25) is 9.59 Å². The number of aryl methyl sites for hydroxylation is 1. The molecule has 0 saturated heterocycles. The van der Waals surface area contributed by atoms with Gasteiger partial charge in [0.25, 0.3) is 0 Å². The first-order valence-electron chi connectivity index (χ1n) is 7.91. The first-order valence-corrected chi connectivity index (χ1v) is 9.11. The minimum Gasteiger partial charge on any atom is -0.481 e. The number of carbonyl (C=O) groups is 3. The van der Waals surface area contributed by atoms with Crippen molar-refractivity contribution in [3.8, 4) is 0 Å². The number of nitrogens with one attached hydrogen (secondary N) is 1. The Balaban J connectivity index is 2.28. The number of carbonyl (C=O) groups excluding carboxylic acids is 2. The van der Waals surface area contributed by atoms with E-state index in [-0.39, 0.29) is 19.4 Å². The van der Waals surface area contributed by atoms with E-state index in [4.69, 9.17) is 16.3 Å². The van der Waals surface area contributed by atoms with Crippen LogP contribution < -0.4 is 5.32 Å². The lowest BCUT2D eigenvalue weighted by atomic mass is 9.82. The van der Waals surface area contributed by atoms with Gasteiger partial charge in [0.2, 0.25) is 5.91 Å². The van der Waals surface area contributed by atoms with Crippen LogP contribution in [0, 0.1) is 25.7 Å². The Bertz CT molecular complexity index is 740. The van der Waals surface area contributed by atoms with Crippen LogP contribution >= 0.6 is 22.9 Å². The van der Waals surface area contributed by atoms with E-state index < -0.39 is 29.7 Å². The Morgan fingerprint density at radius 2 is 2.04 bits per heavy atom. The molecule has 25 heavy (non-hydrogen) atoms. The molecule has 0 saturated carbocycles. The highest BCUT2D eigenvalue weighted by Gasteiger charge is 2.37. The monoisotopic (exact) mass is 385 g/mol. The zero-order valence-electron chi connectivity index (χ0n) is 14.2. The number of esters is 1. The fraction of sp³-hybridized carbons (Fsp3) is 0.471. The van der Waals surface area contributed by atoms with E-state index in [2.05, 4.69) is 5.32 Å². The number of carboxylic acids is 1. The van der Waals surface area contributed by atoms with Crippen LogP contribution in [0.15, 0.2) is 11.1 Å². The maximum Gasteiger partial charge on any atom is 0.341 e. The minimum absolute atomic E-state index is 0.169. The summed E-state index contributed by atoms with van der Waals surface area (Å²) in [6.07, 6.45) is 2.01. The number of ether oxygens (including phenoxy) is 1. The van der Waals surface area contributed by atoms with Crippen LogP contribution in [-0.4, -0.2) is 29.6 Å². The van der Waals surface area contributed by atoms with E-state index in [0.717, 1.165) is 10.4 Å². The molecular weight excluding hydrogens is 366 g/mol. The van der Waals surface area contributed by atoms with Crippen molar-refractivity contribution in [2.24, 2.45) is 11.8 Å². The summed E-state index contributed by atoms with van der Waals surface area (Å²) < 4.78 is 5.06. The number of rotatable bonds is 5. The molecular formula is C17H20ClNO5S. The molecule has 0 fully saturated rings. The van der Waals surface area contributed by atoms with Gasteiger partial charge in [0.05, 0.1) is 24.0 Å². The van der Waals surface area contributed by atoms with Crippen LogP contribution in [0.3, 0.4) is 0 Å². The first-order chi connectivity index (χ1) is 11.8. The number of aliphatic carboxylic acids is 1. The largest absolute Gasteiger partial charge is 0.481 e.